The van der Waals surface area contributed by atoms with Gasteiger partial charge in [0.2, 0.25) is 0 Å². The molecule has 0 saturated carbocycles. The van der Waals surface area contributed by atoms with Crippen LogP contribution in [-0.4, -0.2) is 57.3 Å². The molecule has 1 aromatic carbocycles. The number of halogens is 1. The van der Waals surface area contributed by atoms with Crippen molar-refractivity contribution < 1.29 is 0 Å². The topological polar surface area (TPSA) is 37.2 Å². The molecular weight excluding hydrogens is 298 g/mol. The van der Waals surface area contributed by atoms with Gasteiger partial charge < -0.3 is 0 Å². The third kappa shape index (κ3) is 3.85. The van der Waals surface area contributed by atoms with Gasteiger partial charge in [0.25, 0.3) is 0 Å². The summed E-state index contributed by atoms with van der Waals surface area (Å²) in [5, 5.41) is 4.95. The fraction of sp³-hybridized carbons (Fsp3) is 0.500. The zero-order valence-electron chi connectivity index (χ0n) is 12.9. The Morgan fingerprint density at radius 3 is 2.45 bits per heavy atom. The van der Waals surface area contributed by atoms with E-state index in [1.54, 1.807) is 12.7 Å². The SMILES string of the molecule is C[C@@H](c1ccc(Cl)cc1)N1CCN(CCn2cncn2)CC1. The monoisotopic (exact) mass is 319 g/mol. The van der Waals surface area contributed by atoms with Crippen molar-refractivity contribution in [2.24, 2.45) is 0 Å². The lowest BCUT2D eigenvalue weighted by Gasteiger charge is -2.38. The summed E-state index contributed by atoms with van der Waals surface area (Å²) in [6.07, 6.45) is 3.37. The highest BCUT2D eigenvalue weighted by molar-refractivity contribution is 6.30. The van der Waals surface area contributed by atoms with Crippen LogP contribution in [0.3, 0.4) is 0 Å². The number of piperazine rings is 1. The quantitative estimate of drug-likeness (QED) is 0.847. The minimum absolute atomic E-state index is 0.440. The third-order valence-electron chi connectivity index (χ3n) is 4.42. The molecule has 3 rings (SSSR count). The second kappa shape index (κ2) is 7.22. The average Bonchev–Trinajstić information content (AvgIpc) is 3.07. The van der Waals surface area contributed by atoms with Crippen molar-refractivity contribution in [1.29, 1.82) is 0 Å². The maximum atomic E-state index is 5.97. The molecule has 2 aromatic rings. The molecule has 118 valence electrons. The summed E-state index contributed by atoms with van der Waals surface area (Å²) in [6, 6.07) is 8.65. The number of nitrogens with zero attached hydrogens (tertiary/aromatic N) is 5. The normalized spacial score (nSPS) is 18.5. The molecule has 0 spiro atoms. The van der Waals surface area contributed by atoms with Gasteiger partial charge in [-0.1, -0.05) is 23.7 Å². The lowest BCUT2D eigenvalue weighted by Crippen LogP contribution is -2.47. The van der Waals surface area contributed by atoms with Crippen LogP contribution in [0.5, 0.6) is 0 Å². The van der Waals surface area contributed by atoms with Crippen molar-refractivity contribution in [2.75, 3.05) is 32.7 Å². The summed E-state index contributed by atoms with van der Waals surface area (Å²) >= 11 is 5.97. The van der Waals surface area contributed by atoms with Crippen molar-refractivity contribution in [3.05, 3.63) is 47.5 Å². The smallest absolute Gasteiger partial charge is 0.137 e. The van der Waals surface area contributed by atoms with Crippen molar-refractivity contribution >= 4 is 11.6 Å². The van der Waals surface area contributed by atoms with Crippen molar-refractivity contribution in [1.82, 2.24) is 24.6 Å². The molecule has 22 heavy (non-hydrogen) atoms. The van der Waals surface area contributed by atoms with E-state index in [0.717, 1.165) is 44.3 Å². The highest BCUT2D eigenvalue weighted by Crippen LogP contribution is 2.23. The molecule has 1 aliphatic heterocycles. The molecular formula is C16H22ClN5. The van der Waals surface area contributed by atoms with Crippen LogP contribution >= 0.6 is 11.6 Å². The van der Waals surface area contributed by atoms with E-state index in [0.29, 0.717) is 6.04 Å². The largest absolute Gasteiger partial charge is 0.299 e. The van der Waals surface area contributed by atoms with Crippen LogP contribution in [0.1, 0.15) is 18.5 Å². The predicted molar refractivity (Wildman–Crippen MR) is 87.9 cm³/mol. The minimum Gasteiger partial charge on any atom is -0.299 e. The summed E-state index contributed by atoms with van der Waals surface area (Å²) in [4.78, 5) is 9.01. The second-order valence-electron chi connectivity index (χ2n) is 5.76. The Morgan fingerprint density at radius 2 is 1.82 bits per heavy atom. The van der Waals surface area contributed by atoms with E-state index in [4.69, 9.17) is 11.6 Å². The zero-order valence-corrected chi connectivity index (χ0v) is 13.7. The van der Waals surface area contributed by atoms with E-state index in [9.17, 15) is 0 Å². The Labute approximate surface area is 136 Å². The molecule has 0 amide bonds. The first-order chi connectivity index (χ1) is 10.7. The van der Waals surface area contributed by atoms with E-state index in [1.807, 2.05) is 16.8 Å². The van der Waals surface area contributed by atoms with Crippen LogP contribution in [0.25, 0.3) is 0 Å². The standard InChI is InChI=1S/C16H22ClN5/c1-14(15-2-4-16(17)5-3-15)21-9-6-20(7-10-21)8-11-22-13-18-12-19-22/h2-5,12-14H,6-11H2,1H3/t14-/m0/s1. The van der Waals surface area contributed by atoms with Gasteiger partial charge in [0.15, 0.2) is 0 Å². The van der Waals surface area contributed by atoms with E-state index in [2.05, 4.69) is 38.9 Å². The molecule has 1 fully saturated rings. The number of hydrogen-bond donors (Lipinski definition) is 0. The van der Waals surface area contributed by atoms with Crippen molar-refractivity contribution in [3.8, 4) is 0 Å². The van der Waals surface area contributed by atoms with Gasteiger partial charge in [0, 0.05) is 43.8 Å². The first-order valence-corrected chi connectivity index (χ1v) is 8.14. The molecule has 2 heterocycles. The Hall–Kier alpha value is -1.43. The minimum atomic E-state index is 0.440. The molecule has 0 radical (unpaired) electrons. The number of aromatic nitrogens is 3. The first kappa shape index (κ1) is 15.5. The highest BCUT2D eigenvalue weighted by atomic mass is 35.5. The maximum Gasteiger partial charge on any atom is 0.137 e. The highest BCUT2D eigenvalue weighted by Gasteiger charge is 2.21. The average molecular weight is 320 g/mol. The second-order valence-corrected chi connectivity index (χ2v) is 6.20. The van der Waals surface area contributed by atoms with Gasteiger partial charge in [-0.25, -0.2) is 4.98 Å². The van der Waals surface area contributed by atoms with Crippen LogP contribution in [0.15, 0.2) is 36.9 Å². The Bertz CT molecular complexity index is 561. The molecule has 0 aliphatic carbocycles. The fourth-order valence-electron chi connectivity index (χ4n) is 2.92. The van der Waals surface area contributed by atoms with Crippen molar-refractivity contribution in [3.63, 3.8) is 0 Å². The molecule has 5 nitrogen and oxygen atoms in total. The molecule has 1 aliphatic rings. The van der Waals surface area contributed by atoms with E-state index in [1.165, 1.54) is 5.56 Å². The van der Waals surface area contributed by atoms with Gasteiger partial charge in [0.05, 0.1) is 6.54 Å². The molecule has 1 saturated heterocycles. The van der Waals surface area contributed by atoms with Gasteiger partial charge in [-0.15, -0.1) is 0 Å². The third-order valence-corrected chi connectivity index (χ3v) is 4.67. The molecule has 0 N–H and O–H groups in total. The summed E-state index contributed by atoms with van der Waals surface area (Å²) in [5.74, 6) is 0. The molecule has 0 bridgehead atoms. The molecule has 1 aromatic heterocycles. The summed E-state index contributed by atoms with van der Waals surface area (Å²) < 4.78 is 1.89. The molecule has 6 heteroatoms. The van der Waals surface area contributed by atoms with Crippen LogP contribution in [0.2, 0.25) is 5.02 Å². The van der Waals surface area contributed by atoms with Gasteiger partial charge in [-0.2, -0.15) is 5.10 Å². The first-order valence-electron chi connectivity index (χ1n) is 7.76. The van der Waals surface area contributed by atoms with Crippen molar-refractivity contribution in [2.45, 2.75) is 19.5 Å². The molecule has 1 atom stereocenters. The Kier molecular flexibility index (Phi) is 5.08. The summed E-state index contributed by atoms with van der Waals surface area (Å²) in [7, 11) is 0. The summed E-state index contributed by atoms with van der Waals surface area (Å²) in [5.41, 5.74) is 1.33. The van der Waals surface area contributed by atoms with Gasteiger partial charge in [0.1, 0.15) is 12.7 Å². The van der Waals surface area contributed by atoms with Crippen LogP contribution in [0.4, 0.5) is 0 Å². The van der Waals surface area contributed by atoms with Gasteiger partial charge >= 0.3 is 0 Å². The Balaban J connectivity index is 1.47. The maximum absolute atomic E-state index is 5.97. The van der Waals surface area contributed by atoms with E-state index < -0.39 is 0 Å². The number of hydrogen-bond acceptors (Lipinski definition) is 4. The number of benzene rings is 1. The van der Waals surface area contributed by atoms with Crippen LogP contribution in [0, 0.1) is 0 Å². The van der Waals surface area contributed by atoms with E-state index in [-0.39, 0.29) is 0 Å². The van der Waals surface area contributed by atoms with Gasteiger partial charge in [-0.05, 0) is 24.6 Å². The fourth-order valence-corrected chi connectivity index (χ4v) is 3.04. The number of rotatable bonds is 5. The van der Waals surface area contributed by atoms with Crippen LogP contribution in [-0.2, 0) is 6.54 Å². The van der Waals surface area contributed by atoms with Gasteiger partial charge in [-0.3, -0.25) is 14.5 Å². The zero-order chi connectivity index (χ0) is 15.4. The summed E-state index contributed by atoms with van der Waals surface area (Å²) in [6.45, 7) is 8.62. The Morgan fingerprint density at radius 1 is 1.09 bits per heavy atom. The van der Waals surface area contributed by atoms with Crippen LogP contribution < -0.4 is 0 Å². The predicted octanol–water partition coefficient (Wildman–Crippen LogP) is 2.31. The lowest BCUT2D eigenvalue weighted by molar-refractivity contribution is 0.0992. The molecule has 0 unspecified atom stereocenters. The van der Waals surface area contributed by atoms with E-state index >= 15 is 0 Å². The lowest BCUT2D eigenvalue weighted by atomic mass is 10.1.